The van der Waals surface area contributed by atoms with E-state index in [1.54, 1.807) is 0 Å². The summed E-state index contributed by atoms with van der Waals surface area (Å²) in [6.07, 6.45) is 0.281. The molecule has 1 saturated heterocycles. The van der Waals surface area contributed by atoms with Crippen molar-refractivity contribution in [3.05, 3.63) is 35.4 Å². The number of hydrogen-bond acceptors (Lipinski definition) is 4. The lowest BCUT2D eigenvalue weighted by molar-refractivity contribution is -0.120. The summed E-state index contributed by atoms with van der Waals surface area (Å²) in [5.41, 5.74) is -0.302. The first-order valence-electron chi connectivity index (χ1n) is 8.65. The molecule has 0 spiro atoms. The van der Waals surface area contributed by atoms with Gasteiger partial charge in [0.05, 0.1) is 24.3 Å². The second-order valence-corrected chi connectivity index (χ2v) is 6.67. The Bertz CT molecular complexity index is 647. The number of benzene rings is 1. The van der Waals surface area contributed by atoms with Gasteiger partial charge in [-0.15, -0.1) is 0 Å². The van der Waals surface area contributed by atoms with Crippen LogP contribution in [0.3, 0.4) is 0 Å². The summed E-state index contributed by atoms with van der Waals surface area (Å²) in [6, 6.07) is 2.78. The second-order valence-electron chi connectivity index (χ2n) is 6.67. The highest BCUT2D eigenvalue weighted by molar-refractivity contribution is 5.96. The van der Waals surface area contributed by atoms with Gasteiger partial charge >= 0.3 is 0 Å². The van der Waals surface area contributed by atoms with Crippen molar-refractivity contribution in [1.29, 1.82) is 0 Å². The molecular formula is C18H25F2N3O3. The van der Waals surface area contributed by atoms with Crippen LogP contribution in [0.4, 0.5) is 8.78 Å². The average Bonchev–Trinajstić information content (AvgIpc) is 2.56. The highest BCUT2D eigenvalue weighted by Gasteiger charge is 2.25. The monoisotopic (exact) mass is 369 g/mol. The molecule has 2 amide bonds. The topological polar surface area (TPSA) is 70.7 Å². The van der Waals surface area contributed by atoms with Crippen LogP contribution in [0.1, 0.15) is 31.1 Å². The van der Waals surface area contributed by atoms with Crippen molar-refractivity contribution in [2.45, 2.75) is 39.0 Å². The largest absolute Gasteiger partial charge is 0.373 e. The van der Waals surface area contributed by atoms with Gasteiger partial charge in [-0.1, -0.05) is 0 Å². The van der Waals surface area contributed by atoms with Gasteiger partial charge in [-0.05, 0) is 32.9 Å². The normalized spacial score (nSPS) is 21.9. The third-order valence-electron chi connectivity index (χ3n) is 4.25. The van der Waals surface area contributed by atoms with E-state index in [-0.39, 0.29) is 36.3 Å². The summed E-state index contributed by atoms with van der Waals surface area (Å²) >= 11 is 0. The van der Waals surface area contributed by atoms with Crippen LogP contribution in [0.25, 0.3) is 0 Å². The van der Waals surface area contributed by atoms with Crippen LogP contribution in [0.5, 0.6) is 0 Å². The van der Waals surface area contributed by atoms with Crippen LogP contribution >= 0.6 is 0 Å². The molecule has 26 heavy (non-hydrogen) atoms. The Balaban J connectivity index is 1.75. The van der Waals surface area contributed by atoms with Crippen LogP contribution in [-0.4, -0.2) is 61.1 Å². The number of rotatable bonds is 6. The lowest BCUT2D eigenvalue weighted by Gasteiger charge is -2.39. The molecule has 1 fully saturated rings. The Hall–Kier alpha value is -2.06. The zero-order valence-electron chi connectivity index (χ0n) is 15.2. The van der Waals surface area contributed by atoms with Gasteiger partial charge < -0.3 is 15.4 Å². The van der Waals surface area contributed by atoms with Gasteiger partial charge in [0.1, 0.15) is 11.6 Å². The smallest absolute Gasteiger partial charge is 0.254 e. The quantitative estimate of drug-likeness (QED) is 0.793. The first-order valence-corrected chi connectivity index (χ1v) is 8.65. The van der Waals surface area contributed by atoms with Crippen molar-refractivity contribution in [2.24, 2.45) is 0 Å². The predicted octanol–water partition coefficient (Wildman–Crippen LogP) is 1.31. The average molecular weight is 369 g/mol. The molecular weight excluding hydrogens is 344 g/mol. The molecule has 1 aliphatic heterocycles. The molecule has 1 aliphatic rings. The second kappa shape index (κ2) is 9.05. The van der Waals surface area contributed by atoms with E-state index in [1.165, 1.54) is 0 Å². The van der Waals surface area contributed by atoms with E-state index in [2.05, 4.69) is 15.5 Å². The van der Waals surface area contributed by atoms with Crippen molar-refractivity contribution in [2.75, 3.05) is 26.2 Å². The molecule has 2 rings (SSSR count). The van der Waals surface area contributed by atoms with Gasteiger partial charge in [-0.2, -0.15) is 0 Å². The fourth-order valence-electron chi connectivity index (χ4n) is 2.96. The van der Waals surface area contributed by atoms with Gasteiger partial charge in [0.25, 0.3) is 5.91 Å². The Morgan fingerprint density at radius 3 is 2.50 bits per heavy atom. The van der Waals surface area contributed by atoms with Gasteiger partial charge in [-0.25, -0.2) is 8.78 Å². The summed E-state index contributed by atoms with van der Waals surface area (Å²) in [5.74, 6) is -2.87. The minimum absolute atomic E-state index is 0.123. The molecule has 1 aromatic rings. The standard InChI is InChI=1S/C18H25F2N3O3/c1-11(23-9-12(2)26-13(3)10-23)7-21-17(24)8-22-18(25)15-5-4-14(19)6-16(15)20/h4-6,11-13H,7-10H2,1-3H3,(H,21,24)(H,22,25). The van der Waals surface area contributed by atoms with Gasteiger partial charge in [0, 0.05) is 31.7 Å². The molecule has 1 heterocycles. The number of carbonyl (C=O) groups is 2. The molecule has 0 saturated carbocycles. The predicted molar refractivity (Wildman–Crippen MR) is 92.7 cm³/mol. The lowest BCUT2D eigenvalue weighted by Crippen LogP contribution is -2.52. The van der Waals surface area contributed by atoms with Gasteiger partial charge in [0.15, 0.2) is 0 Å². The summed E-state index contributed by atoms with van der Waals surface area (Å²) in [5, 5.41) is 5.08. The number of carbonyl (C=O) groups excluding carboxylic acids is 2. The Kier molecular flexibility index (Phi) is 7.05. The van der Waals surface area contributed by atoms with Crippen LogP contribution in [-0.2, 0) is 9.53 Å². The van der Waals surface area contributed by atoms with E-state index in [9.17, 15) is 18.4 Å². The van der Waals surface area contributed by atoms with Crippen molar-refractivity contribution in [3.8, 4) is 0 Å². The van der Waals surface area contributed by atoms with Crippen LogP contribution in [0.2, 0.25) is 0 Å². The summed E-state index contributed by atoms with van der Waals surface area (Å²) in [6.45, 7) is 7.77. The zero-order valence-corrected chi connectivity index (χ0v) is 15.2. The third kappa shape index (κ3) is 5.74. The molecule has 0 aromatic heterocycles. The number of morpholine rings is 1. The number of nitrogens with zero attached hydrogens (tertiary/aromatic N) is 1. The fraction of sp³-hybridized carbons (Fsp3) is 0.556. The van der Waals surface area contributed by atoms with Crippen molar-refractivity contribution >= 4 is 11.8 Å². The van der Waals surface area contributed by atoms with E-state index in [0.717, 1.165) is 25.2 Å². The van der Waals surface area contributed by atoms with Crippen molar-refractivity contribution < 1.29 is 23.1 Å². The van der Waals surface area contributed by atoms with Crippen LogP contribution in [0.15, 0.2) is 18.2 Å². The molecule has 6 nitrogen and oxygen atoms in total. The van der Waals surface area contributed by atoms with Crippen molar-refractivity contribution in [3.63, 3.8) is 0 Å². The molecule has 0 bridgehead atoms. The number of nitrogens with one attached hydrogen (secondary N) is 2. The van der Waals surface area contributed by atoms with Crippen molar-refractivity contribution in [1.82, 2.24) is 15.5 Å². The Morgan fingerprint density at radius 1 is 1.23 bits per heavy atom. The molecule has 2 N–H and O–H groups in total. The number of ether oxygens (including phenoxy) is 1. The first kappa shape index (κ1) is 20.3. The van der Waals surface area contributed by atoms with Crippen LogP contribution in [0, 0.1) is 11.6 Å². The van der Waals surface area contributed by atoms with E-state index >= 15 is 0 Å². The Labute approximate surface area is 151 Å². The maximum Gasteiger partial charge on any atom is 0.254 e. The highest BCUT2D eigenvalue weighted by Crippen LogP contribution is 2.13. The highest BCUT2D eigenvalue weighted by atomic mass is 19.1. The third-order valence-corrected chi connectivity index (χ3v) is 4.25. The number of halogens is 2. The summed E-state index contributed by atoms with van der Waals surface area (Å²) in [4.78, 5) is 26.0. The SMILES string of the molecule is CC1CN(C(C)CNC(=O)CNC(=O)c2ccc(F)cc2F)CC(C)O1. The number of hydrogen-bond donors (Lipinski definition) is 2. The summed E-state index contributed by atoms with van der Waals surface area (Å²) < 4.78 is 32.1. The molecule has 3 unspecified atom stereocenters. The number of amides is 2. The van der Waals surface area contributed by atoms with E-state index in [0.29, 0.717) is 12.6 Å². The maximum absolute atomic E-state index is 13.5. The van der Waals surface area contributed by atoms with E-state index < -0.39 is 17.5 Å². The van der Waals surface area contributed by atoms with E-state index in [1.807, 2.05) is 20.8 Å². The molecule has 144 valence electrons. The maximum atomic E-state index is 13.5. The lowest BCUT2D eigenvalue weighted by atomic mass is 10.1. The van der Waals surface area contributed by atoms with Gasteiger partial charge in [0.2, 0.25) is 5.91 Å². The van der Waals surface area contributed by atoms with E-state index in [4.69, 9.17) is 4.74 Å². The molecule has 0 radical (unpaired) electrons. The van der Waals surface area contributed by atoms with Gasteiger partial charge in [-0.3, -0.25) is 14.5 Å². The minimum atomic E-state index is -0.966. The fourth-order valence-corrected chi connectivity index (χ4v) is 2.96. The Morgan fingerprint density at radius 2 is 1.88 bits per heavy atom. The molecule has 8 heteroatoms. The minimum Gasteiger partial charge on any atom is -0.373 e. The van der Waals surface area contributed by atoms with Crippen LogP contribution < -0.4 is 10.6 Å². The zero-order chi connectivity index (χ0) is 19.3. The molecule has 1 aromatic carbocycles. The molecule has 0 aliphatic carbocycles. The summed E-state index contributed by atoms with van der Waals surface area (Å²) in [7, 11) is 0. The first-order chi connectivity index (χ1) is 12.3. The molecule has 3 atom stereocenters.